The quantitative estimate of drug-likeness (QED) is 0.719. The summed E-state index contributed by atoms with van der Waals surface area (Å²) in [6.07, 6.45) is 0.298. The van der Waals surface area contributed by atoms with Gasteiger partial charge in [-0.25, -0.2) is 4.79 Å². The smallest absolute Gasteiger partial charge is 0.328 e. The summed E-state index contributed by atoms with van der Waals surface area (Å²) in [7, 11) is 0. The van der Waals surface area contributed by atoms with Crippen LogP contribution in [0.1, 0.15) is 33.6 Å². The van der Waals surface area contributed by atoms with Crippen LogP contribution >= 0.6 is 0 Å². The third-order valence-electron chi connectivity index (χ3n) is 3.13. The Hall–Kier alpha value is -2.37. The Morgan fingerprint density at radius 3 is 2.35 bits per heavy atom. The molecule has 0 radical (unpaired) electrons. The number of amides is 2. The van der Waals surface area contributed by atoms with Crippen molar-refractivity contribution in [3.05, 3.63) is 30.3 Å². The number of hydrogen-bond acceptors (Lipinski definition) is 4. The summed E-state index contributed by atoms with van der Waals surface area (Å²) in [6, 6.07) is 8.24. The van der Waals surface area contributed by atoms with E-state index in [1.807, 2.05) is 18.2 Å². The lowest BCUT2D eigenvalue weighted by Crippen LogP contribution is -2.44. The SMILES string of the molecule is CCOC(=O)[C@@H](CCC(=O)Nc1ccccc1)NC(=O)C(C)C. The number of hydrogen-bond donors (Lipinski definition) is 2. The van der Waals surface area contributed by atoms with Crippen molar-refractivity contribution in [1.29, 1.82) is 0 Å². The third-order valence-corrected chi connectivity index (χ3v) is 3.13. The molecule has 0 spiro atoms. The van der Waals surface area contributed by atoms with E-state index in [9.17, 15) is 14.4 Å². The molecule has 0 heterocycles. The van der Waals surface area contributed by atoms with Crippen molar-refractivity contribution in [2.24, 2.45) is 5.92 Å². The van der Waals surface area contributed by atoms with Gasteiger partial charge in [-0.1, -0.05) is 32.0 Å². The molecule has 0 aliphatic heterocycles. The molecule has 0 unspecified atom stereocenters. The Kier molecular flexibility index (Phi) is 7.80. The van der Waals surface area contributed by atoms with Crippen LogP contribution in [0.4, 0.5) is 5.69 Å². The lowest BCUT2D eigenvalue weighted by molar-refractivity contribution is -0.148. The number of nitrogens with one attached hydrogen (secondary N) is 2. The van der Waals surface area contributed by atoms with Crippen LogP contribution in [-0.2, 0) is 19.1 Å². The zero-order chi connectivity index (χ0) is 17.2. The molecule has 1 rings (SSSR count). The van der Waals surface area contributed by atoms with Crippen LogP contribution in [0, 0.1) is 5.92 Å². The third kappa shape index (κ3) is 6.95. The molecular formula is C17H24N2O4. The molecule has 1 aromatic rings. The van der Waals surface area contributed by atoms with E-state index < -0.39 is 12.0 Å². The van der Waals surface area contributed by atoms with Crippen molar-refractivity contribution in [2.45, 2.75) is 39.7 Å². The topological polar surface area (TPSA) is 84.5 Å². The molecule has 126 valence electrons. The highest BCUT2D eigenvalue weighted by molar-refractivity contribution is 5.91. The highest BCUT2D eigenvalue weighted by Gasteiger charge is 2.24. The molecule has 0 fully saturated rings. The van der Waals surface area contributed by atoms with Gasteiger partial charge >= 0.3 is 5.97 Å². The lowest BCUT2D eigenvalue weighted by atomic mass is 10.1. The first kappa shape index (κ1) is 18.7. The number of para-hydroxylation sites is 1. The number of esters is 1. The predicted molar refractivity (Wildman–Crippen MR) is 87.7 cm³/mol. The van der Waals surface area contributed by atoms with Crippen molar-refractivity contribution in [1.82, 2.24) is 5.32 Å². The van der Waals surface area contributed by atoms with Gasteiger partial charge in [-0.15, -0.1) is 0 Å². The van der Waals surface area contributed by atoms with E-state index in [4.69, 9.17) is 4.74 Å². The largest absolute Gasteiger partial charge is 0.464 e. The number of carbonyl (C=O) groups is 3. The van der Waals surface area contributed by atoms with Gasteiger partial charge in [0.1, 0.15) is 6.04 Å². The maximum absolute atomic E-state index is 11.9. The van der Waals surface area contributed by atoms with Crippen LogP contribution in [0.25, 0.3) is 0 Å². The van der Waals surface area contributed by atoms with Crippen LogP contribution in [0.2, 0.25) is 0 Å². The molecule has 0 saturated carbocycles. The van der Waals surface area contributed by atoms with Gasteiger partial charge in [-0.2, -0.15) is 0 Å². The van der Waals surface area contributed by atoms with Crippen LogP contribution in [0.15, 0.2) is 30.3 Å². The molecule has 0 aliphatic carbocycles. The maximum Gasteiger partial charge on any atom is 0.328 e. The van der Waals surface area contributed by atoms with Gasteiger partial charge in [-0.05, 0) is 25.5 Å². The van der Waals surface area contributed by atoms with E-state index in [1.165, 1.54) is 0 Å². The molecule has 0 aromatic heterocycles. The summed E-state index contributed by atoms with van der Waals surface area (Å²) in [5, 5.41) is 5.37. The number of benzene rings is 1. The summed E-state index contributed by atoms with van der Waals surface area (Å²) >= 11 is 0. The second-order valence-electron chi connectivity index (χ2n) is 5.42. The second kappa shape index (κ2) is 9.61. The van der Waals surface area contributed by atoms with Crippen molar-refractivity contribution >= 4 is 23.5 Å². The summed E-state index contributed by atoms with van der Waals surface area (Å²) in [4.78, 5) is 35.6. The van der Waals surface area contributed by atoms with Gasteiger partial charge < -0.3 is 15.4 Å². The molecule has 6 nitrogen and oxygen atoms in total. The zero-order valence-corrected chi connectivity index (χ0v) is 13.8. The number of ether oxygens (including phenoxy) is 1. The van der Waals surface area contributed by atoms with E-state index in [1.54, 1.807) is 32.9 Å². The molecule has 23 heavy (non-hydrogen) atoms. The van der Waals surface area contributed by atoms with Crippen LogP contribution in [0.3, 0.4) is 0 Å². The minimum absolute atomic E-state index is 0.108. The van der Waals surface area contributed by atoms with Crippen molar-refractivity contribution in [3.63, 3.8) is 0 Å². The Morgan fingerprint density at radius 2 is 1.78 bits per heavy atom. The van der Waals surface area contributed by atoms with Gasteiger partial charge in [0.25, 0.3) is 0 Å². The predicted octanol–water partition coefficient (Wildman–Crippen LogP) is 2.11. The summed E-state index contributed by atoms with van der Waals surface area (Å²) in [6.45, 7) is 5.39. The van der Waals surface area contributed by atoms with Crippen molar-refractivity contribution in [2.75, 3.05) is 11.9 Å². The minimum Gasteiger partial charge on any atom is -0.464 e. The normalized spacial score (nSPS) is 11.7. The molecule has 6 heteroatoms. The van der Waals surface area contributed by atoms with Crippen molar-refractivity contribution < 1.29 is 19.1 Å². The van der Waals surface area contributed by atoms with Gasteiger partial charge in [-0.3, -0.25) is 9.59 Å². The van der Waals surface area contributed by atoms with Gasteiger partial charge in [0.05, 0.1) is 6.61 Å². The molecule has 0 saturated heterocycles. The fourth-order valence-corrected chi connectivity index (χ4v) is 1.85. The van der Waals surface area contributed by atoms with Crippen LogP contribution < -0.4 is 10.6 Å². The summed E-state index contributed by atoms with van der Waals surface area (Å²) < 4.78 is 4.95. The average Bonchev–Trinajstić information content (AvgIpc) is 2.52. The minimum atomic E-state index is -0.814. The first-order valence-corrected chi connectivity index (χ1v) is 7.76. The van der Waals surface area contributed by atoms with Gasteiger partial charge in [0.2, 0.25) is 11.8 Å². The highest BCUT2D eigenvalue weighted by atomic mass is 16.5. The Morgan fingerprint density at radius 1 is 1.13 bits per heavy atom. The monoisotopic (exact) mass is 320 g/mol. The fourth-order valence-electron chi connectivity index (χ4n) is 1.85. The number of rotatable bonds is 8. The number of anilines is 1. The van der Waals surface area contributed by atoms with Crippen molar-refractivity contribution in [3.8, 4) is 0 Å². The van der Waals surface area contributed by atoms with Crippen LogP contribution in [0.5, 0.6) is 0 Å². The zero-order valence-electron chi connectivity index (χ0n) is 13.8. The Labute approximate surface area is 136 Å². The number of carbonyl (C=O) groups excluding carboxylic acids is 3. The Bertz CT molecular complexity index is 529. The summed E-state index contributed by atoms with van der Waals surface area (Å²) in [5.41, 5.74) is 0.691. The molecule has 2 amide bonds. The van der Waals surface area contributed by atoms with Crippen LogP contribution in [-0.4, -0.2) is 30.4 Å². The first-order valence-electron chi connectivity index (χ1n) is 7.76. The maximum atomic E-state index is 11.9. The second-order valence-corrected chi connectivity index (χ2v) is 5.42. The first-order chi connectivity index (χ1) is 10.9. The molecule has 1 atom stereocenters. The average molecular weight is 320 g/mol. The highest BCUT2D eigenvalue weighted by Crippen LogP contribution is 2.08. The van der Waals surface area contributed by atoms with E-state index in [0.29, 0.717) is 5.69 Å². The Balaban J connectivity index is 2.57. The summed E-state index contributed by atoms with van der Waals surface area (Å²) in [5.74, 6) is -1.23. The lowest BCUT2D eigenvalue weighted by Gasteiger charge is -2.18. The van der Waals surface area contributed by atoms with E-state index in [2.05, 4.69) is 10.6 Å². The van der Waals surface area contributed by atoms with Gasteiger partial charge in [0, 0.05) is 18.0 Å². The van der Waals surface area contributed by atoms with E-state index >= 15 is 0 Å². The van der Waals surface area contributed by atoms with E-state index in [0.717, 1.165) is 0 Å². The molecule has 0 bridgehead atoms. The molecule has 1 aromatic carbocycles. The molecule has 0 aliphatic rings. The molecular weight excluding hydrogens is 296 g/mol. The van der Waals surface area contributed by atoms with Gasteiger partial charge in [0.15, 0.2) is 0 Å². The standard InChI is InChI=1S/C17H24N2O4/c1-4-23-17(22)14(19-16(21)12(2)3)10-11-15(20)18-13-8-6-5-7-9-13/h5-9,12,14H,4,10-11H2,1-3H3,(H,18,20)(H,19,21)/t14-/m1/s1. The van der Waals surface area contributed by atoms with E-state index in [-0.39, 0.29) is 37.2 Å². The fraction of sp³-hybridized carbons (Fsp3) is 0.471. The molecule has 2 N–H and O–H groups in total.